The normalized spacial score (nSPS) is 10.7. The summed E-state index contributed by atoms with van der Waals surface area (Å²) in [6.45, 7) is 9.85. The summed E-state index contributed by atoms with van der Waals surface area (Å²) in [6, 6.07) is 0. The zero-order valence-corrected chi connectivity index (χ0v) is 6.22. The molecule has 0 amide bonds. The number of nitrogens with two attached hydrogens (primary N) is 1. The molecule has 0 rings (SSSR count). The fourth-order valence-corrected chi connectivity index (χ4v) is 0.289. The van der Waals surface area contributed by atoms with Gasteiger partial charge in [0.1, 0.15) is 0 Å². The molecule has 0 bridgehead atoms. The number of hydrogen-bond donors (Lipinski definition) is 1. The van der Waals surface area contributed by atoms with E-state index in [9.17, 15) is 0 Å². The van der Waals surface area contributed by atoms with Crippen molar-refractivity contribution in [2.24, 2.45) is 5.73 Å². The van der Waals surface area contributed by atoms with Crippen molar-refractivity contribution in [1.82, 2.24) is 0 Å². The minimum atomic E-state index is 0.822. The van der Waals surface area contributed by atoms with Crippen LogP contribution in [0, 0.1) is 0 Å². The predicted molar refractivity (Wildman–Crippen MR) is 44.0 cm³/mol. The molecule has 1 heteroatoms. The van der Waals surface area contributed by atoms with Crippen LogP contribution in [0.15, 0.2) is 37.1 Å². The Morgan fingerprint density at radius 1 is 1.33 bits per heavy atom. The van der Waals surface area contributed by atoms with E-state index in [2.05, 4.69) is 13.2 Å². The Labute approximate surface area is 57.6 Å². The Morgan fingerprint density at radius 2 is 1.78 bits per heavy atom. The molecule has 0 heterocycles. The van der Waals surface area contributed by atoms with Crippen molar-refractivity contribution in [2.45, 2.75) is 13.8 Å². The Morgan fingerprint density at radius 3 is 1.89 bits per heavy atom. The fourth-order valence-electron chi connectivity index (χ4n) is 0.289. The molecule has 0 saturated heterocycles. The molecule has 0 atom stereocenters. The minimum Gasteiger partial charge on any atom is -0.399 e. The van der Waals surface area contributed by atoms with Gasteiger partial charge < -0.3 is 5.73 Å². The Kier molecular flexibility index (Phi) is 12.2. The van der Waals surface area contributed by atoms with Gasteiger partial charge in [0.05, 0.1) is 0 Å². The van der Waals surface area contributed by atoms with Gasteiger partial charge in [-0.05, 0) is 19.9 Å². The van der Waals surface area contributed by atoms with Crippen LogP contribution in [-0.4, -0.2) is 0 Å². The van der Waals surface area contributed by atoms with Crippen molar-refractivity contribution in [1.29, 1.82) is 0 Å². The highest BCUT2D eigenvalue weighted by atomic mass is 14.5. The number of hydrogen-bond acceptors (Lipinski definition) is 1. The first-order valence-corrected chi connectivity index (χ1v) is 2.85. The van der Waals surface area contributed by atoms with Crippen LogP contribution in [0.1, 0.15) is 13.8 Å². The highest BCUT2D eigenvalue weighted by Crippen LogP contribution is 1.82. The molecule has 0 radical (unpaired) electrons. The Hall–Kier alpha value is -0.980. The van der Waals surface area contributed by atoms with E-state index in [0.717, 1.165) is 5.70 Å². The number of allylic oxidation sites excluding steroid dienone is 3. The molecular formula is C8H15N. The van der Waals surface area contributed by atoms with E-state index in [-0.39, 0.29) is 0 Å². The van der Waals surface area contributed by atoms with Crippen molar-refractivity contribution in [2.75, 3.05) is 0 Å². The maximum Gasteiger partial charge on any atom is 0.0267 e. The monoisotopic (exact) mass is 125 g/mol. The van der Waals surface area contributed by atoms with Crippen LogP contribution in [0.3, 0.4) is 0 Å². The molecule has 0 aliphatic carbocycles. The summed E-state index contributed by atoms with van der Waals surface area (Å²) in [5.74, 6) is 0. The van der Waals surface area contributed by atoms with Gasteiger partial charge in [-0.25, -0.2) is 0 Å². The molecule has 0 aromatic rings. The SMILES string of the molecule is C/C=C\C(N)=C/C.C=C. The Balaban J connectivity index is 0. The summed E-state index contributed by atoms with van der Waals surface area (Å²) in [5, 5.41) is 0. The van der Waals surface area contributed by atoms with E-state index in [1.165, 1.54) is 0 Å². The van der Waals surface area contributed by atoms with E-state index in [4.69, 9.17) is 5.73 Å². The highest BCUT2D eigenvalue weighted by molar-refractivity contribution is 5.12. The average molecular weight is 125 g/mol. The molecule has 0 aromatic heterocycles. The van der Waals surface area contributed by atoms with Crippen molar-refractivity contribution < 1.29 is 0 Å². The second kappa shape index (κ2) is 10.1. The molecular weight excluding hydrogens is 110 g/mol. The standard InChI is InChI=1S/C6H11N.C2H4/c1-3-5-6(7)4-2;1-2/h3-5H,7H2,1-2H3;1-2H2/b5-3-,6-4+;. The van der Waals surface area contributed by atoms with E-state index in [1.807, 2.05) is 32.1 Å². The summed E-state index contributed by atoms with van der Waals surface area (Å²) in [5.41, 5.74) is 6.18. The van der Waals surface area contributed by atoms with Crippen LogP contribution in [0.5, 0.6) is 0 Å². The smallest absolute Gasteiger partial charge is 0.0267 e. The van der Waals surface area contributed by atoms with Gasteiger partial charge in [0, 0.05) is 5.70 Å². The molecule has 0 spiro atoms. The van der Waals surface area contributed by atoms with E-state index < -0.39 is 0 Å². The summed E-state index contributed by atoms with van der Waals surface area (Å²) in [6.07, 6.45) is 5.63. The third kappa shape index (κ3) is 10.9. The van der Waals surface area contributed by atoms with Gasteiger partial charge in [-0.3, -0.25) is 0 Å². The largest absolute Gasteiger partial charge is 0.399 e. The maximum absolute atomic E-state index is 5.36. The van der Waals surface area contributed by atoms with Crippen molar-refractivity contribution in [3.8, 4) is 0 Å². The first kappa shape index (κ1) is 10.9. The summed E-state index contributed by atoms with van der Waals surface area (Å²) in [4.78, 5) is 0. The van der Waals surface area contributed by atoms with Gasteiger partial charge in [-0.2, -0.15) is 0 Å². The van der Waals surface area contributed by atoms with Crippen LogP contribution in [0.2, 0.25) is 0 Å². The molecule has 0 aliphatic rings. The molecule has 0 unspecified atom stereocenters. The molecule has 9 heavy (non-hydrogen) atoms. The van der Waals surface area contributed by atoms with E-state index in [1.54, 1.807) is 0 Å². The first-order chi connectivity index (χ1) is 4.31. The average Bonchev–Trinajstić information content (AvgIpc) is 1.93. The van der Waals surface area contributed by atoms with Gasteiger partial charge in [-0.1, -0.05) is 12.2 Å². The Bertz CT molecular complexity index is 101. The lowest BCUT2D eigenvalue weighted by Gasteiger charge is -1.83. The zero-order valence-electron chi connectivity index (χ0n) is 6.22. The summed E-state index contributed by atoms with van der Waals surface area (Å²) < 4.78 is 0. The van der Waals surface area contributed by atoms with Gasteiger partial charge >= 0.3 is 0 Å². The van der Waals surface area contributed by atoms with Gasteiger partial charge in [0.15, 0.2) is 0 Å². The predicted octanol–water partition coefficient (Wildman–Crippen LogP) is 2.23. The number of rotatable bonds is 1. The third-order valence-electron chi connectivity index (χ3n) is 0.692. The second-order valence-electron chi connectivity index (χ2n) is 1.29. The van der Waals surface area contributed by atoms with Crippen LogP contribution >= 0.6 is 0 Å². The van der Waals surface area contributed by atoms with Crippen LogP contribution in [-0.2, 0) is 0 Å². The molecule has 2 N–H and O–H groups in total. The molecule has 0 aliphatic heterocycles. The lowest BCUT2D eigenvalue weighted by Crippen LogP contribution is -1.89. The molecule has 0 saturated carbocycles. The third-order valence-corrected chi connectivity index (χ3v) is 0.692. The lowest BCUT2D eigenvalue weighted by molar-refractivity contribution is 1.39. The van der Waals surface area contributed by atoms with Crippen molar-refractivity contribution in [3.05, 3.63) is 37.1 Å². The minimum absolute atomic E-state index is 0.822. The van der Waals surface area contributed by atoms with Crippen LogP contribution in [0.25, 0.3) is 0 Å². The highest BCUT2D eigenvalue weighted by Gasteiger charge is 1.69. The van der Waals surface area contributed by atoms with Gasteiger partial charge in [0.2, 0.25) is 0 Å². The molecule has 52 valence electrons. The van der Waals surface area contributed by atoms with Crippen LogP contribution < -0.4 is 5.73 Å². The van der Waals surface area contributed by atoms with Gasteiger partial charge in [0.25, 0.3) is 0 Å². The van der Waals surface area contributed by atoms with Gasteiger partial charge in [-0.15, -0.1) is 13.2 Å². The van der Waals surface area contributed by atoms with Crippen molar-refractivity contribution in [3.63, 3.8) is 0 Å². The first-order valence-electron chi connectivity index (χ1n) is 2.85. The fraction of sp³-hybridized carbons (Fsp3) is 0.250. The maximum atomic E-state index is 5.36. The summed E-state index contributed by atoms with van der Waals surface area (Å²) in [7, 11) is 0. The van der Waals surface area contributed by atoms with Crippen molar-refractivity contribution >= 4 is 0 Å². The molecule has 1 nitrogen and oxygen atoms in total. The second-order valence-corrected chi connectivity index (χ2v) is 1.29. The topological polar surface area (TPSA) is 26.0 Å². The quantitative estimate of drug-likeness (QED) is 0.422. The van der Waals surface area contributed by atoms with E-state index in [0.29, 0.717) is 0 Å². The van der Waals surface area contributed by atoms with Crippen LogP contribution in [0.4, 0.5) is 0 Å². The summed E-state index contributed by atoms with van der Waals surface area (Å²) >= 11 is 0. The van der Waals surface area contributed by atoms with E-state index >= 15 is 0 Å². The molecule has 0 aromatic carbocycles. The molecule has 0 fully saturated rings. The lowest BCUT2D eigenvalue weighted by atomic mass is 10.4. The zero-order chi connectivity index (χ0) is 7.70.